The number of Topliss-reactive ketones (excluding diaryl/α,β-unsaturated/α-hetero) is 2. The van der Waals surface area contributed by atoms with Gasteiger partial charge in [-0.3, -0.25) is 14.2 Å². The Morgan fingerprint density at radius 2 is 2.07 bits per heavy atom. The van der Waals surface area contributed by atoms with Gasteiger partial charge in [-0.05, 0) is 20.3 Å². The zero-order chi connectivity index (χ0) is 20.9. The summed E-state index contributed by atoms with van der Waals surface area (Å²) >= 11 is 10.6. The molecule has 0 aromatic carbocycles. The van der Waals surface area contributed by atoms with Gasteiger partial charge in [-0.1, -0.05) is 31.4 Å². The highest BCUT2D eigenvalue weighted by Gasteiger charge is 2.70. The van der Waals surface area contributed by atoms with Gasteiger partial charge in [-0.15, -0.1) is 0 Å². The number of aliphatic hydroxyl groups is 1. The largest absolute Gasteiger partial charge is 0.377 e. The van der Waals surface area contributed by atoms with Gasteiger partial charge in [0.2, 0.25) is 5.95 Å². The highest BCUT2D eigenvalue weighted by Crippen LogP contribution is 2.52. The van der Waals surface area contributed by atoms with Crippen molar-refractivity contribution in [3.63, 3.8) is 0 Å². The molecule has 9 nitrogen and oxygen atoms in total. The fourth-order valence-corrected chi connectivity index (χ4v) is 4.43. The van der Waals surface area contributed by atoms with E-state index in [2.05, 4.69) is 27.6 Å². The lowest BCUT2D eigenvalue weighted by Gasteiger charge is -2.37. The zero-order valence-electron chi connectivity index (χ0n) is 15.7. The molecular weight excluding hydrogens is 406 g/mol. The first-order valence-corrected chi connectivity index (χ1v) is 9.69. The number of thiol groups is 1. The molecule has 3 rings (SSSR count). The standard InChI is InChI=1S/C17H22ClN5O4S/c1-4-5-6-10-16(26,8(2)24)17(28,9(3)25)14(27-10)23-7-20-11-12(18)21-15(19)22-13(11)23/h7,10,14,26,28H,4-6H2,1-3H3,(H2,19,21,22)/t10-,14-,16-,17+/m1/s1. The first-order chi connectivity index (χ1) is 13.1. The molecule has 0 spiro atoms. The van der Waals surface area contributed by atoms with Crippen LogP contribution in [-0.4, -0.2) is 52.6 Å². The number of unbranched alkanes of at least 4 members (excludes halogenated alkanes) is 1. The second-order valence-electron chi connectivity index (χ2n) is 6.96. The average molecular weight is 428 g/mol. The van der Waals surface area contributed by atoms with Crippen molar-refractivity contribution in [2.45, 2.75) is 62.7 Å². The number of hydrogen-bond donors (Lipinski definition) is 3. The number of ether oxygens (including phenoxy) is 1. The molecule has 28 heavy (non-hydrogen) atoms. The van der Waals surface area contributed by atoms with Crippen molar-refractivity contribution < 1.29 is 19.4 Å². The molecule has 1 saturated heterocycles. The van der Waals surface area contributed by atoms with Crippen molar-refractivity contribution in [2.75, 3.05) is 5.73 Å². The summed E-state index contributed by atoms with van der Waals surface area (Å²) in [5.74, 6) is -1.21. The number of anilines is 1. The number of fused-ring (bicyclic) bond motifs is 1. The summed E-state index contributed by atoms with van der Waals surface area (Å²) in [5, 5.41) is 11.4. The summed E-state index contributed by atoms with van der Waals surface area (Å²) in [6, 6.07) is 0. The summed E-state index contributed by atoms with van der Waals surface area (Å²) < 4.78 is 5.61. The molecule has 2 aromatic heterocycles. The van der Waals surface area contributed by atoms with E-state index in [-0.39, 0.29) is 22.3 Å². The lowest BCUT2D eigenvalue weighted by atomic mass is 9.76. The molecule has 0 radical (unpaired) electrons. The van der Waals surface area contributed by atoms with Crippen LogP contribution in [0.2, 0.25) is 5.15 Å². The molecular formula is C17H22ClN5O4S. The maximum atomic E-state index is 12.7. The number of nitrogen functional groups attached to an aromatic ring is 1. The topological polar surface area (TPSA) is 133 Å². The average Bonchev–Trinajstić information content (AvgIpc) is 3.13. The van der Waals surface area contributed by atoms with E-state index in [1.54, 1.807) is 0 Å². The normalized spacial score (nSPS) is 30.1. The Bertz CT molecular complexity index is 953. The first kappa shape index (κ1) is 21.0. The first-order valence-electron chi connectivity index (χ1n) is 8.86. The Kier molecular flexibility index (Phi) is 5.43. The molecule has 0 bridgehead atoms. The second kappa shape index (κ2) is 7.25. The molecule has 0 aliphatic carbocycles. The van der Waals surface area contributed by atoms with Crippen molar-refractivity contribution in [1.82, 2.24) is 19.5 Å². The van der Waals surface area contributed by atoms with Crippen LogP contribution in [0.5, 0.6) is 0 Å². The SMILES string of the molecule is CCCC[C@H]1O[C@@H](n2cnc3c(Cl)nc(N)nc32)[C@@](S)(C(C)=O)[C@@]1(O)C(C)=O. The number of nitrogens with zero attached hydrogens (tertiary/aromatic N) is 4. The van der Waals surface area contributed by atoms with Gasteiger partial charge in [0.25, 0.3) is 0 Å². The molecule has 2 aromatic rings. The van der Waals surface area contributed by atoms with Crippen LogP contribution in [0.4, 0.5) is 5.95 Å². The Morgan fingerprint density at radius 3 is 2.64 bits per heavy atom. The number of hydrogen-bond acceptors (Lipinski definition) is 9. The van der Waals surface area contributed by atoms with E-state index < -0.39 is 34.2 Å². The number of imidazole rings is 1. The molecule has 11 heteroatoms. The van der Waals surface area contributed by atoms with Gasteiger partial charge in [-0.2, -0.15) is 22.6 Å². The van der Waals surface area contributed by atoms with Crippen LogP contribution in [0.1, 0.15) is 46.3 Å². The predicted molar refractivity (Wildman–Crippen MR) is 106 cm³/mol. The van der Waals surface area contributed by atoms with E-state index in [0.717, 1.165) is 6.42 Å². The minimum atomic E-state index is -2.12. The Balaban J connectivity index is 2.23. The van der Waals surface area contributed by atoms with E-state index >= 15 is 0 Å². The summed E-state index contributed by atoms with van der Waals surface area (Å²) in [4.78, 5) is 37.4. The van der Waals surface area contributed by atoms with Gasteiger partial charge >= 0.3 is 0 Å². The number of rotatable bonds is 6. The highest BCUT2D eigenvalue weighted by atomic mass is 35.5. The molecule has 4 atom stereocenters. The molecule has 152 valence electrons. The third-order valence-electron chi connectivity index (χ3n) is 5.24. The Labute approximate surface area is 172 Å². The van der Waals surface area contributed by atoms with Crippen molar-refractivity contribution in [1.29, 1.82) is 0 Å². The molecule has 3 heterocycles. The number of aromatic nitrogens is 4. The summed E-state index contributed by atoms with van der Waals surface area (Å²) in [5.41, 5.74) is 4.04. The summed E-state index contributed by atoms with van der Waals surface area (Å²) in [6.45, 7) is 4.46. The molecule has 1 aliphatic heterocycles. The van der Waals surface area contributed by atoms with Gasteiger partial charge in [0.05, 0.1) is 12.4 Å². The van der Waals surface area contributed by atoms with Crippen LogP contribution in [0, 0.1) is 0 Å². The van der Waals surface area contributed by atoms with Crippen LogP contribution in [0.3, 0.4) is 0 Å². The Morgan fingerprint density at radius 1 is 1.39 bits per heavy atom. The van der Waals surface area contributed by atoms with Crippen LogP contribution in [0.25, 0.3) is 11.2 Å². The third-order valence-corrected chi connectivity index (χ3v) is 6.38. The quantitative estimate of drug-likeness (QED) is 0.468. The number of ketones is 2. The monoisotopic (exact) mass is 427 g/mol. The third kappa shape index (κ3) is 2.81. The smallest absolute Gasteiger partial charge is 0.223 e. The van der Waals surface area contributed by atoms with Crippen molar-refractivity contribution in [2.24, 2.45) is 0 Å². The lowest BCUT2D eigenvalue weighted by Crippen LogP contribution is -2.62. The molecule has 3 N–H and O–H groups in total. The van der Waals surface area contributed by atoms with Gasteiger partial charge in [0.1, 0.15) is 5.52 Å². The molecule has 0 unspecified atom stereocenters. The highest BCUT2D eigenvalue weighted by molar-refractivity contribution is 7.83. The van der Waals surface area contributed by atoms with E-state index in [4.69, 9.17) is 22.1 Å². The minimum absolute atomic E-state index is 0.0381. The summed E-state index contributed by atoms with van der Waals surface area (Å²) in [7, 11) is 0. The van der Waals surface area contributed by atoms with Crippen molar-refractivity contribution in [3.8, 4) is 0 Å². The van der Waals surface area contributed by atoms with Gasteiger partial charge in [-0.25, -0.2) is 4.98 Å². The number of carbonyl (C=O) groups is 2. The molecule has 0 amide bonds. The van der Waals surface area contributed by atoms with E-state index in [1.165, 1.54) is 24.7 Å². The van der Waals surface area contributed by atoms with Crippen LogP contribution < -0.4 is 5.73 Å². The second-order valence-corrected chi connectivity index (χ2v) is 8.02. The number of nitrogens with two attached hydrogens (primary N) is 1. The van der Waals surface area contributed by atoms with Gasteiger partial charge in [0.15, 0.2) is 38.9 Å². The van der Waals surface area contributed by atoms with E-state index in [1.807, 2.05) is 6.92 Å². The van der Waals surface area contributed by atoms with Gasteiger partial charge in [0, 0.05) is 0 Å². The van der Waals surface area contributed by atoms with E-state index in [0.29, 0.717) is 12.8 Å². The van der Waals surface area contributed by atoms with Crippen LogP contribution in [0.15, 0.2) is 6.33 Å². The van der Waals surface area contributed by atoms with E-state index in [9.17, 15) is 14.7 Å². The zero-order valence-corrected chi connectivity index (χ0v) is 17.4. The fraction of sp³-hybridized carbons (Fsp3) is 0.588. The molecule has 0 saturated carbocycles. The number of halogens is 1. The summed E-state index contributed by atoms with van der Waals surface area (Å²) in [6.07, 6.45) is 1.17. The maximum absolute atomic E-state index is 12.7. The fourth-order valence-electron chi connectivity index (χ4n) is 3.73. The molecule has 1 fully saturated rings. The predicted octanol–water partition coefficient (Wildman–Crippen LogP) is 1.73. The lowest BCUT2D eigenvalue weighted by molar-refractivity contribution is -0.147. The van der Waals surface area contributed by atoms with Gasteiger partial charge < -0.3 is 15.6 Å². The van der Waals surface area contributed by atoms with Crippen molar-refractivity contribution >= 4 is 52.9 Å². The van der Waals surface area contributed by atoms with Crippen molar-refractivity contribution in [3.05, 3.63) is 11.5 Å². The molecule has 1 aliphatic rings. The minimum Gasteiger partial charge on any atom is -0.377 e. The number of carbonyl (C=O) groups excluding carboxylic acids is 2. The maximum Gasteiger partial charge on any atom is 0.223 e. The Hall–Kier alpha value is -1.75. The van der Waals surface area contributed by atoms with Crippen LogP contribution in [-0.2, 0) is 14.3 Å². The van der Waals surface area contributed by atoms with Crippen LogP contribution >= 0.6 is 24.2 Å².